The molecule has 0 bridgehead atoms. The molecule has 86 valence electrons. The van der Waals surface area contributed by atoms with Gasteiger partial charge in [0.1, 0.15) is 16.9 Å². The third-order valence-electron chi connectivity index (χ3n) is 2.84. The first-order valence-corrected chi connectivity index (χ1v) is 5.14. The number of phenolic OH excluding ortho intramolecular Hbond substituents is 3. The largest absolute Gasteiger partial charge is 0.508 e. The molecule has 3 aromatic rings. The second kappa shape index (κ2) is 3.07. The van der Waals surface area contributed by atoms with Crippen LogP contribution < -0.4 is 0 Å². The van der Waals surface area contributed by atoms with Gasteiger partial charge in [0.15, 0.2) is 11.5 Å². The quantitative estimate of drug-likeness (QED) is 0.519. The number of hydrogen-bond donors (Lipinski definition) is 3. The van der Waals surface area contributed by atoms with Gasteiger partial charge in [0.25, 0.3) is 0 Å². The van der Waals surface area contributed by atoms with E-state index in [1.807, 2.05) is 6.92 Å². The Hall–Kier alpha value is -2.36. The fourth-order valence-electron chi connectivity index (χ4n) is 2.05. The first kappa shape index (κ1) is 9.84. The highest BCUT2D eigenvalue weighted by molar-refractivity contribution is 6.07. The molecular formula is C13H10O4. The van der Waals surface area contributed by atoms with Gasteiger partial charge in [-0.15, -0.1) is 0 Å². The molecule has 1 heterocycles. The number of rotatable bonds is 0. The van der Waals surface area contributed by atoms with E-state index in [-0.39, 0.29) is 17.2 Å². The van der Waals surface area contributed by atoms with Crippen LogP contribution in [0, 0.1) is 6.92 Å². The number of aromatic hydroxyl groups is 3. The third-order valence-corrected chi connectivity index (χ3v) is 2.84. The van der Waals surface area contributed by atoms with Gasteiger partial charge in [0.05, 0.1) is 0 Å². The smallest absolute Gasteiger partial charge is 0.161 e. The number of fused-ring (bicyclic) bond motifs is 3. The number of hydrogen-bond acceptors (Lipinski definition) is 4. The van der Waals surface area contributed by atoms with Crippen molar-refractivity contribution in [1.82, 2.24) is 0 Å². The van der Waals surface area contributed by atoms with Gasteiger partial charge in [0.2, 0.25) is 0 Å². The van der Waals surface area contributed by atoms with E-state index in [2.05, 4.69) is 0 Å². The molecule has 0 amide bonds. The van der Waals surface area contributed by atoms with Crippen molar-refractivity contribution in [3.05, 3.63) is 29.8 Å². The van der Waals surface area contributed by atoms with Crippen LogP contribution in [0.1, 0.15) is 5.56 Å². The van der Waals surface area contributed by atoms with Gasteiger partial charge in [-0.1, -0.05) is 0 Å². The molecule has 17 heavy (non-hydrogen) atoms. The standard InChI is InChI=1S/C13H10O4/c1-6-2-7(14)3-9-8-4-10(15)11(16)5-12(8)17-13(6)9/h2-5,14-16H,1H3. The molecule has 0 unspecified atom stereocenters. The van der Waals surface area contributed by atoms with Crippen molar-refractivity contribution in [3.63, 3.8) is 0 Å². The molecule has 4 nitrogen and oxygen atoms in total. The van der Waals surface area contributed by atoms with Crippen LogP contribution in [-0.4, -0.2) is 15.3 Å². The second-order valence-electron chi connectivity index (χ2n) is 4.08. The number of phenols is 3. The Morgan fingerprint density at radius 1 is 0.882 bits per heavy atom. The zero-order chi connectivity index (χ0) is 12.2. The van der Waals surface area contributed by atoms with E-state index in [4.69, 9.17) is 4.42 Å². The fourth-order valence-corrected chi connectivity index (χ4v) is 2.05. The SMILES string of the molecule is Cc1cc(O)cc2c1oc1cc(O)c(O)cc12. The van der Waals surface area contributed by atoms with Gasteiger partial charge in [-0.25, -0.2) is 0 Å². The van der Waals surface area contributed by atoms with Crippen LogP contribution in [0.25, 0.3) is 21.9 Å². The van der Waals surface area contributed by atoms with E-state index < -0.39 is 0 Å². The summed E-state index contributed by atoms with van der Waals surface area (Å²) >= 11 is 0. The minimum Gasteiger partial charge on any atom is -0.508 e. The van der Waals surface area contributed by atoms with Crippen LogP contribution >= 0.6 is 0 Å². The lowest BCUT2D eigenvalue weighted by molar-refractivity contribution is 0.404. The lowest BCUT2D eigenvalue weighted by Gasteiger charge is -1.97. The normalized spacial score (nSPS) is 11.4. The Morgan fingerprint density at radius 3 is 2.35 bits per heavy atom. The first-order valence-electron chi connectivity index (χ1n) is 5.14. The Labute approximate surface area is 96.3 Å². The van der Waals surface area contributed by atoms with Crippen molar-refractivity contribution in [1.29, 1.82) is 0 Å². The van der Waals surface area contributed by atoms with Crippen LogP contribution in [0.2, 0.25) is 0 Å². The van der Waals surface area contributed by atoms with Crippen molar-refractivity contribution in [2.24, 2.45) is 0 Å². The zero-order valence-electron chi connectivity index (χ0n) is 9.06. The molecule has 0 aliphatic carbocycles. The first-order chi connectivity index (χ1) is 8.06. The highest BCUT2D eigenvalue weighted by Gasteiger charge is 2.13. The summed E-state index contributed by atoms with van der Waals surface area (Å²) in [5, 5.41) is 29.8. The third kappa shape index (κ3) is 1.30. The molecule has 0 saturated carbocycles. The predicted octanol–water partition coefficient (Wildman–Crippen LogP) is 3.01. The van der Waals surface area contributed by atoms with E-state index in [1.54, 1.807) is 12.1 Å². The van der Waals surface area contributed by atoms with Crippen molar-refractivity contribution in [3.8, 4) is 17.2 Å². The van der Waals surface area contributed by atoms with E-state index in [9.17, 15) is 15.3 Å². The van der Waals surface area contributed by atoms with Gasteiger partial charge < -0.3 is 19.7 Å². The van der Waals surface area contributed by atoms with E-state index in [0.29, 0.717) is 21.9 Å². The second-order valence-corrected chi connectivity index (χ2v) is 4.08. The molecule has 0 aliphatic rings. The topological polar surface area (TPSA) is 73.8 Å². The summed E-state index contributed by atoms with van der Waals surface area (Å²) in [7, 11) is 0. The summed E-state index contributed by atoms with van der Waals surface area (Å²) in [4.78, 5) is 0. The number of benzene rings is 2. The molecule has 0 radical (unpaired) electrons. The van der Waals surface area contributed by atoms with Crippen LogP contribution in [0.3, 0.4) is 0 Å². The summed E-state index contributed by atoms with van der Waals surface area (Å²) in [6.07, 6.45) is 0. The molecule has 0 atom stereocenters. The van der Waals surface area contributed by atoms with Crippen molar-refractivity contribution < 1.29 is 19.7 Å². The molecule has 0 saturated heterocycles. The highest BCUT2D eigenvalue weighted by atomic mass is 16.3. The summed E-state index contributed by atoms with van der Waals surface area (Å²) in [5.41, 5.74) is 1.92. The molecule has 0 aliphatic heterocycles. The Kier molecular flexibility index (Phi) is 1.78. The molecule has 3 N–H and O–H groups in total. The van der Waals surface area contributed by atoms with E-state index >= 15 is 0 Å². The maximum Gasteiger partial charge on any atom is 0.161 e. The van der Waals surface area contributed by atoms with Crippen molar-refractivity contribution >= 4 is 21.9 Å². The fraction of sp³-hybridized carbons (Fsp3) is 0.0769. The van der Waals surface area contributed by atoms with E-state index in [0.717, 1.165) is 5.56 Å². The Morgan fingerprint density at radius 2 is 1.59 bits per heavy atom. The lowest BCUT2D eigenvalue weighted by atomic mass is 10.1. The van der Waals surface area contributed by atoms with Crippen LogP contribution in [0.5, 0.6) is 17.2 Å². The molecule has 1 aromatic heterocycles. The van der Waals surface area contributed by atoms with Gasteiger partial charge in [-0.3, -0.25) is 0 Å². The predicted molar refractivity (Wildman–Crippen MR) is 63.5 cm³/mol. The minimum absolute atomic E-state index is 0.144. The Balaban J connectivity index is 2.55. The Bertz CT molecular complexity index is 740. The highest BCUT2D eigenvalue weighted by Crippen LogP contribution is 2.38. The molecule has 3 rings (SSSR count). The molecule has 0 spiro atoms. The summed E-state index contributed by atoms with van der Waals surface area (Å²) in [6, 6.07) is 5.96. The average molecular weight is 230 g/mol. The van der Waals surface area contributed by atoms with E-state index in [1.165, 1.54) is 12.1 Å². The van der Waals surface area contributed by atoms with Crippen LogP contribution in [0.4, 0.5) is 0 Å². The summed E-state index contributed by atoms with van der Waals surface area (Å²) in [5.74, 6) is -0.287. The van der Waals surface area contributed by atoms with Gasteiger partial charge in [-0.05, 0) is 30.7 Å². The van der Waals surface area contributed by atoms with Gasteiger partial charge in [-0.2, -0.15) is 0 Å². The molecule has 0 fully saturated rings. The van der Waals surface area contributed by atoms with Gasteiger partial charge >= 0.3 is 0 Å². The van der Waals surface area contributed by atoms with Crippen LogP contribution in [-0.2, 0) is 0 Å². The maximum absolute atomic E-state index is 9.56. The van der Waals surface area contributed by atoms with Gasteiger partial charge in [0, 0.05) is 16.8 Å². The van der Waals surface area contributed by atoms with Crippen LogP contribution in [0.15, 0.2) is 28.7 Å². The zero-order valence-corrected chi connectivity index (χ0v) is 9.06. The molecule has 4 heteroatoms. The maximum atomic E-state index is 9.56. The lowest BCUT2D eigenvalue weighted by Crippen LogP contribution is -1.73. The van der Waals surface area contributed by atoms with Crippen molar-refractivity contribution in [2.75, 3.05) is 0 Å². The molecule has 2 aromatic carbocycles. The monoisotopic (exact) mass is 230 g/mol. The van der Waals surface area contributed by atoms with Crippen molar-refractivity contribution in [2.45, 2.75) is 6.92 Å². The summed E-state index contributed by atoms with van der Waals surface area (Å²) < 4.78 is 5.59. The number of aryl methyl sites for hydroxylation is 1. The minimum atomic E-state index is -0.224. The summed E-state index contributed by atoms with van der Waals surface area (Å²) in [6.45, 7) is 1.82. The average Bonchev–Trinajstić information content (AvgIpc) is 2.58. The molecular weight excluding hydrogens is 220 g/mol. The number of furan rings is 1.